The van der Waals surface area contributed by atoms with Crippen LogP contribution in [0.5, 0.6) is 0 Å². The van der Waals surface area contributed by atoms with Gasteiger partial charge in [0.15, 0.2) is 0 Å². The number of allylic oxidation sites excluding steroid dienone is 2. The van der Waals surface area contributed by atoms with E-state index in [1.165, 1.54) is 11.1 Å². The third-order valence-corrected chi connectivity index (χ3v) is 14.7. The molecule has 11 heterocycles. The van der Waals surface area contributed by atoms with Crippen molar-refractivity contribution in [2.24, 2.45) is 0 Å². The van der Waals surface area contributed by atoms with Crippen molar-refractivity contribution in [1.29, 1.82) is 0 Å². The molecule has 2 aliphatic rings. The summed E-state index contributed by atoms with van der Waals surface area (Å²) >= 11 is 0. The first-order valence-electron chi connectivity index (χ1n) is 24.2. The molecule has 0 fully saturated rings. The summed E-state index contributed by atoms with van der Waals surface area (Å²) in [6, 6.07) is 34.8. The minimum absolute atomic E-state index is 0.822. The third-order valence-electron chi connectivity index (χ3n) is 14.7. The second-order valence-corrected chi connectivity index (χ2v) is 19.3. The van der Waals surface area contributed by atoms with Gasteiger partial charge in [0.1, 0.15) is 0 Å². The number of rotatable bonds is 2. The molecule has 0 aliphatic carbocycles. The molecule has 3 aromatic carbocycles. The molecule has 70 heavy (non-hydrogen) atoms. The molecule has 0 amide bonds. The number of nitrogens with one attached hydrogen (secondary N) is 2. The van der Waals surface area contributed by atoms with Crippen LogP contribution < -0.4 is 0 Å². The van der Waals surface area contributed by atoms with Crippen LogP contribution in [-0.4, -0.2) is 49.8 Å². The summed E-state index contributed by atoms with van der Waals surface area (Å²) in [5.74, 6) is 0. The molecule has 10 nitrogen and oxygen atoms in total. The van der Waals surface area contributed by atoms with E-state index in [1.807, 2.05) is 41.5 Å². The average Bonchev–Trinajstić information content (AvgIpc) is 4.09. The van der Waals surface area contributed by atoms with Crippen molar-refractivity contribution in [3.05, 3.63) is 143 Å². The Morgan fingerprint density at radius 3 is 0.829 bits per heavy atom. The van der Waals surface area contributed by atoms with Gasteiger partial charge < -0.3 is 9.97 Å². The molecule has 12 aromatic rings. The molecule has 9 aromatic heterocycles. The number of benzene rings is 3. The SMILES string of the molecule is CCC1=C(CC)c2cc3[nH]c(cc4nc(cc5[nH]c(cc1n2)c1c2ccc(C)nc2c2nc(C)ccc2c51)-c1c-4c2ccc(C)nc2c2nc(C)ccc12)c1c2ccc(C)nc2c2nc(C)ccc2c31. The highest BCUT2D eigenvalue weighted by Crippen LogP contribution is 2.49. The molecular formula is C60H46N10. The molecule has 0 saturated carbocycles. The first-order chi connectivity index (χ1) is 34.0. The highest BCUT2D eigenvalue weighted by molar-refractivity contribution is 6.34. The molecule has 14 rings (SSSR count). The number of hydrogen-bond donors (Lipinski definition) is 2. The minimum atomic E-state index is 0.822. The van der Waals surface area contributed by atoms with E-state index in [1.54, 1.807) is 0 Å². The quantitative estimate of drug-likeness (QED) is 0.164. The van der Waals surface area contributed by atoms with Crippen LogP contribution in [-0.2, 0) is 0 Å². The monoisotopic (exact) mass is 906 g/mol. The molecule has 2 aliphatic heterocycles. The van der Waals surface area contributed by atoms with Gasteiger partial charge in [-0.25, -0.2) is 9.97 Å². The standard InChI is InChI=1S/C60H46N10/c1-9-33-34(10-2)42-24-44-50-36-18-12-28(4)62-56(36)58-38(20-14-30(6)64-58)52(50)46(69-44)26-48-54-40-22-16-32(8)66-60(40)59-39(21-15-31(7)65-59)53(54)47(70-48)25-45-51-37-19-13-29(5)63-57(37)55-35(17-11-27(3)61-55)49(51)43(68-45)23-41(33)67-42/h11-26,68-69H,9-10H2,1-8H3. The molecule has 8 bridgehead atoms. The van der Waals surface area contributed by atoms with Gasteiger partial charge >= 0.3 is 0 Å². The fourth-order valence-electron chi connectivity index (χ4n) is 11.7. The molecule has 0 unspecified atom stereocenters. The minimum Gasteiger partial charge on any atom is -0.354 e. The van der Waals surface area contributed by atoms with Gasteiger partial charge in [0.05, 0.1) is 55.9 Å². The first kappa shape index (κ1) is 40.6. The van der Waals surface area contributed by atoms with Crippen molar-refractivity contribution >= 4 is 120 Å². The van der Waals surface area contributed by atoms with E-state index in [-0.39, 0.29) is 0 Å². The number of aromatic nitrogens is 10. The second kappa shape index (κ2) is 14.5. The van der Waals surface area contributed by atoms with Gasteiger partial charge in [-0.3, -0.25) is 29.9 Å². The van der Waals surface area contributed by atoms with Crippen molar-refractivity contribution < 1.29 is 0 Å². The first-order valence-corrected chi connectivity index (χ1v) is 24.2. The summed E-state index contributed by atoms with van der Waals surface area (Å²) in [6.45, 7) is 16.7. The maximum absolute atomic E-state index is 5.75. The van der Waals surface area contributed by atoms with Crippen molar-refractivity contribution in [3.63, 3.8) is 0 Å². The maximum atomic E-state index is 5.75. The summed E-state index contributed by atoms with van der Waals surface area (Å²) in [5, 5.41) is 10.4. The van der Waals surface area contributed by atoms with E-state index in [2.05, 4.69) is 121 Å². The molecule has 0 atom stereocenters. The van der Waals surface area contributed by atoms with E-state index >= 15 is 0 Å². The normalized spacial score (nSPS) is 12.9. The van der Waals surface area contributed by atoms with Crippen LogP contribution in [0.3, 0.4) is 0 Å². The third kappa shape index (κ3) is 5.67. The van der Waals surface area contributed by atoms with Gasteiger partial charge in [0.2, 0.25) is 0 Å². The van der Waals surface area contributed by atoms with Gasteiger partial charge in [-0.05, 0) is 126 Å². The Bertz CT molecular complexity index is 4340. The van der Waals surface area contributed by atoms with E-state index in [4.69, 9.17) is 39.9 Å². The second-order valence-electron chi connectivity index (χ2n) is 19.3. The van der Waals surface area contributed by atoms with Crippen LogP contribution in [0.2, 0.25) is 0 Å². The summed E-state index contributed by atoms with van der Waals surface area (Å²) in [5.41, 5.74) is 22.6. The summed E-state index contributed by atoms with van der Waals surface area (Å²) in [6.07, 6.45) is 1.64. The summed E-state index contributed by atoms with van der Waals surface area (Å²) in [4.78, 5) is 50.5. The molecular weight excluding hydrogens is 861 g/mol. The molecule has 10 heteroatoms. The Kier molecular flexibility index (Phi) is 8.41. The van der Waals surface area contributed by atoms with E-state index in [0.717, 1.165) is 190 Å². The lowest BCUT2D eigenvalue weighted by Gasteiger charge is -2.12. The van der Waals surface area contributed by atoms with Crippen molar-refractivity contribution in [3.8, 4) is 22.5 Å². The zero-order valence-corrected chi connectivity index (χ0v) is 40.2. The summed E-state index contributed by atoms with van der Waals surface area (Å²) in [7, 11) is 0. The summed E-state index contributed by atoms with van der Waals surface area (Å²) < 4.78 is 0. The number of hydrogen-bond acceptors (Lipinski definition) is 8. The van der Waals surface area contributed by atoms with Gasteiger partial charge in [-0.15, -0.1) is 0 Å². The average molecular weight is 907 g/mol. The lowest BCUT2D eigenvalue weighted by atomic mass is 9.93. The molecule has 0 spiro atoms. The van der Waals surface area contributed by atoms with Gasteiger partial charge in [0.25, 0.3) is 0 Å². The van der Waals surface area contributed by atoms with Crippen LogP contribution in [0.4, 0.5) is 0 Å². The predicted molar refractivity (Wildman–Crippen MR) is 288 cm³/mol. The van der Waals surface area contributed by atoms with Gasteiger partial charge in [-0.2, -0.15) is 0 Å². The van der Waals surface area contributed by atoms with E-state index in [9.17, 15) is 0 Å². The van der Waals surface area contributed by atoms with E-state index in [0.29, 0.717) is 0 Å². The fraction of sp³-hybridized carbons (Fsp3) is 0.167. The number of fused-ring (bicyclic) bond motifs is 32. The lowest BCUT2D eigenvalue weighted by Crippen LogP contribution is -1.93. The molecule has 2 N–H and O–H groups in total. The highest BCUT2D eigenvalue weighted by Gasteiger charge is 2.28. The number of nitrogens with zero attached hydrogens (tertiary/aromatic N) is 8. The van der Waals surface area contributed by atoms with Crippen LogP contribution >= 0.6 is 0 Å². The number of H-pyrrole nitrogens is 2. The molecule has 0 radical (unpaired) electrons. The van der Waals surface area contributed by atoms with Crippen LogP contribution in [0, 0.1) is 41.5 Å². The Labute approximate surface area is 401 Å². The Balaban J connectivity index is 1.28. The number of aromatic amines is 2. The number of pyridine rings is 6. The smallest absolute Gasteiger partial charge is 0.0975 e. The predicted octanol–water partition coefficient (Wildman–Crippen LogP) is 14.8. The number of aryl methyl sites for hydroxylation is 6. The van der Waals surface area contributed by atoms with Gasteiger partial charge in [-0.1, -0.05) is 50.2 Å². The highest BCUT2D eigenvalue weighted by atomic mass is 14.8. The Morgan fingerprint density at radius 1 is 0.300 bits per heavy atom. The van der Waals surface area contributed by atoms with Crippen molar-refractivity contribution in [2.75, 3.05) is 0 Å². The molecule has 0 saturated heterocycles. The topological polar surface area (TPSA) is 135 Å². The largest absolute Gasteiger partial charge is 0.354 e. The lowest BCUT2D eigenvalue weighted by molar-refractivity contribution is 1.20. The van der Waals surface area contributed by atoms with Crippen molar-refractivity contribution in [1.82, 2.24) is 49.8 Å². The zero-order chi connectivity index (χ0) is 47.4. The van der Waals surface area contributed by atoms with Crippen LogP contribution in [0.15, 0.2) is 97.1 Å². The van der Waals surface area contributed by atoms with Crippen molar-refractivity contribution in [2.45, 2.75) is 68.2 Å². The molecule has 336 valence electrons. The van der Waals surface area contributed by atoms with Crippen LogP contribution in [0.1, 0.15) is 72.2 Å². The van der Waals surface area contributed by atoms with E-state index < -0.39 is 0 Å². The Hall–Kier alpha value is -8.50. The van der Waals surface area contributed by atoms with Crippen LogP contribution in [0.25, 0.3) is 143 Å². The Morgan fingerprint density at radius 2 is 0.543 bits per heavy atom. The zero-order valence-electron chi connectivity index (χ0n) is 40.2. The maximum Gasteiger partial charge on any atom is 0.0975 e. The fourth-order valence-corrected chi connectivity index (χ4v) is 11.7. The van der Waals surface area contributed by atoms with Gasteiger partial charge in [0, 0.05) is 121 Å².